The molecule has 6 nitrogen and oxygen atoms in total. The highest BCUT2D eigenvalue weighted by Crippen LogP contribution is 2.28. The molecule has 2 atom stereocenters. The number of sulfonamides is 1. The molecule has 0 fully saturated rings. The molecule has 0 saturated carbocycles. The summed E-state index contributed by atoms with van der Waals surface area (Å²) in [6.45, 7) is 7.37. The van der Waals surface area contributed by atoms with Crippen LogP contribution >= 0.6 is 11.6 Å². The van der Waals surface area contributed by atoms with Crippen LogP contribution in [-0.2, 0) is 14.8 Å². The van der Waals surface area contributed by atoms with Crippen LogP contribution in [0.2, 0.25) is 5.02 Å². The SMILES string of the molecule is Cc1ccc(OCC(C)NC(=O)C(C)N(c2cc(Cl)ccc2C)S(C)(=O)=O)cc1. The molecule has 8 heteroatoms. The summed E-state index contributed by atoms with van der Waals surface area (Å²) in [4.78, 5) is 12.8. The molecule has 29 heavy (non-hydrogen) atoms. The third-order valence-corrected chi connectivity index (χ3v) is 5.87. The number of rotatable bonds is 8. The highest BCUT2D eigenvalue weighted by molar-refractivity contribution is 7.92. The lowest BCUT2D eigenvalue weighted by molar-refractivity contribution is -0.122. The topological polar surface area (TPSA) is 75.7 Å². The third kappa shape index (κ3) is 6.37. The molecule has 2 rings (SSSR count). The number of carbonyl (C=O) groups is 1. The average molecular weight is 439 g/mol. The number of aryl methyl sites for hydroxylation is 2. The van der Waals surface area contributed by atoms with Crippen molar-refractivity contribution in [2.24, 2.45) is 0 Å². The number of anilines is 1. The predicted octanol–water partition coefficient (Wildman–Crippen LogP) is 3.70. The lowest BCUT2D eigenvalue weighted by atomic mass is 10.1. The van der Waals surface area contributed by atoms with Gasteiger partial charge in [0.15, 0.2) is 0 Å². The quantitative estimate of drug-likeness (QED) is 0.681. The van der Waals surface area contributed by atoms with Crippen molar-refractivity contribution in [3.8, 4) is 5.75 Å². The van der Waals surface area contributed by atoms with Crippen molar-refractivity contribution < 1.29 is 17.9 Å². The number of ether oxygens (including phenoxy) is 1. The Bertz CT molecular complexity index is 961. The first-order chi connectivity index (χ1) is 13.5. The van der Waals surface area contributed by atoms with E-state index in [9.17, 15) is 13.2 Å². The minimum atomic E-state index is -3.71. The Kier molecular flexibility index (Phi) is 7.54. The zero-order valence-electron chi connectivity index (χ0n) is 17.3. The van der Waals surface area contributed by atoms with Crippen LogP contribution in [0.4, 0.5) is 5.69 Å². The zero-order valence-corrected chi connectivity index (χ0v) is 18.8. The summed E-state index contributed by atoms with van der Waals surface area (Å²) in [6.07, 6.45) is 1.07. The van der Waals surface area contributed by atoms with Gasteiger partial charge in [0.2, 0.25) is 15.9 Å². The fraction of sp³-hybridized carbons (Fsp3) is 0.381. The molecule has 1 N–H and O–H groups in total. The normalized spacial score (nSPS) is 13.4. The Morgan fingerprint density at radius 2 is 1.76 bits per heavy atom. The first-order valence-electron chi connectivity index (χ1n) is 9.24. The predicted molar refractivity (Wildman–Crippen MR) is 117 cm³/mol. The number of hydrogen-bond donors (Lipinski definition) is 1. The van der Waals surface area contributed by atoms with Crippen molar-refractivity contribution in [3.63, 3.8) is 0 Å². The van der Waals surface area contributed by atoms with Crippen LogP contribution in [-0.4, -0.2) is 39.3 Å². The van der Waals surface area contributed by atoms with Crippen LogP contribution in [0.5, 0.6) is 5.75 Å². The van der Waals surface area contributed by atoms with Crippen molar-refractivity contribution in [2.45, 2.75) is 39.8 Å². The van der Waals surface area contributed by atoms with Crippen molar-refractivity contribution in [1.29, 1.82) is 0 Å². The van der Waals surface area contributed by atoms with Gasteiger partial charge in [-0.05, 0) is 57.5 Å². The number of halogens is 1. The molecular weight excluding hydrogens is 412 g/mol. The van der Waals surface area contributed by atoms with Gasteiger partial charge in [-0.2, -0.15) is 0 Å². The summed E-state index contributed by atoms with van der Waals surface area (Å²) in [6, 6.07) is 11.3. The maximum absolute atomic E-state index is 12.8. The van der Waals surface area contributed by atoms with E-state index in [2.05, 4.69) is 5.32 Å². The Labute approximate surface area is 177 Å². The van der Waals surface area contributed by atoms with Gasteiger partial charge in [0.1, 0.15) is 18.4 Å². The molecule has 0 heterocycles. The van der Waals surface area contributed by atoms with Crippen LogP contribution in [0.3, 0.4) is 0 Å². The van der Waals surface area contributed by atoms with Crippen LogP contribution < -0.4 is 14.4 Å². The van der Waals surface area contributed by atoms with E-state index < -0.39 is 22.0 Å². The number of nitrogens with zero attached hydrogens (tertiary/aromatic N) is 1. The van der Waals surface area contributed by atoms with Crippen molar-refractivity contribution in [3.05, 3.63) is 58.6 Å². The highest BCUT2D eigenvalue weighted by atomic mass is 35.5. The average Bonchev–Trinajstić information content (AvgIpc) is 2.63. The largest absolute Gasteiger partial charge is 0.491 e. The number of hydrogen-bond acceptors (Lipinski definition) is 4. The summed E-state index contributed by atoms with van der Waals surface area (Å²) in [5.74, 6) is 0.284. The molecule has 0 spiro atoms. The molecule has 2 aromatic carbocycles. The van der Waals surface area contributed by atoms with Crippen molar-refractivity contribution >= 4 is 33.2 Å². The minimum absolute atomic E-state index is 0.261. The first-order valence-corrected chi connectivity index (χ1v) is 11.5. The molecule has 0 radical (unpaired) electrons. The van der Waals surface area contributed by atoms with E-state index >= 15 is 0 Å². The number of amides is 1. The molecule has 0 saturated heterocycles. The third-order valence-electron chi connectivity index (χ3n) is 4.41. The van der Waals surface area contributed by atoms with E-state index in [1.165, 1.54) is 0 Å². The molecule has 1 amide bonds. The Balaban J connectivity index is 2.10. The van der Waals surface area contributed by atoms with E-state index in [-0.39, 0.29) is 12.6 Å². The number of benzene rings is 2. The van der Waals surface area contributed by atoms with Gasteiger partial charge in [-0.15, -0.1) is 0 Å². The summed E-state index contributed by atoms with van der Waals surface area (Å²) in [7, 11) is -3.71. The minimum Gasteiger partial charge on any atom is -0.491 e. The van der Waals surface area contributed by atoms with Gasteiger partial charge >= 0.3 is 0 Å². The van der Waals surface area contributed by atoms with Gasteiger partial charge in [-0.25, -0.2) is 8.42 Å². The second kappa shape index (κ2) is 9.50. The monoisotopic (exact) mass is 438 g/mol. The molecule has 0 bridgehead atoms. The maximum atomic E-state index is 12.8. The molecule has 0 aliphatic carbocycles. The van der Waals surface area contributed by atoms with Gasteiger partial charge in [-0.1, -0.05) is 35.4 Å². The first kappa shape index (κ1) is 23.0. The molecule has 0 aromatic heterocycles. The van der Waals surface area contributed by atoms with Crippen molar-refractivity contribution in [2.75, 3.05) is 17.2 Å². The number of nitrogens with one attached hydrogen (secondary N) is 1. The Morgan fingerprint density at radius 3 is 2.34 bits per heavy atom. The van der Waals surface area contributed by atoms with Crippen LogP contribution in [0.15, 0.2) is 42.5 Å². The Hall–Kier alpha value is -2.25. The van der Waals surface area contributed by atoms with E-state index in [1.54, 1.807) is 39.0 Å². The van der Waals surface area contributed by atoms with E-state index in [0.717, 1.165) is 16.1 Å². The lowest BCUT2D eigenvalue weighted by Crippen LogP contribution is -2.51. The molecule has 158 valence electrons. The van der Waals surface area contributed by atoms with Crippen molar-refractivity contribution in [1.82, 2.24) is 5.32 Å². The van der Waals surface area contributed by atoms with Gasteiger partial charge in [0, 0.05) is 5.02 Å². The standard InChI is InChI=1S/C21H27ClN2O4S/c1-14-6-10-19(11-7-14)28-13-16(3)23-21(25)17(4)24(29(5,26)27)20-12-18(22)9-8-15(20)2/h6-12,16-17H,13H2,1-5H3,(H,23,25). The highest BCUT2D eigenvalue weighted by Gasteiger charge is 2.30. The second-order valence-electron chi connectivity index (χ2n) is 7.20. The van der Waals surface area contributed by atoms with E-state index in [0.29, 0.717) is 22.0 Å². The van der Waals surface area contributed by atoms with E-state index in [1.807, 2.05) is 31.2 Å². The van der Waals surface area contributed by atoms with Crippen LogP contribution in [0.25, 0.3) is 0 Å². The lowest BCUT2D eigenvalue weighted by Gasteiger charge is -2.30. The van der Waals surface area contributed by atoms with Gasteiger partial charge in [-0.3, -0.25) is 9.10 Å². The summed E-state index contributed by atoms with van der Waals surface area (Å²) >= 11 is 6.05. The maximum Gasteiger partial charge on any atom is 0.243 e. The van der Waals surface area contributed by atoms with E-state index in [4.69, 9.17) is 16.3 Å². The van der Waals surface area contributed by atoms with Crippen LogP contribution in [0.1, 0.15) is 25.0 Å². The zero-order chi connectivity index (χ0) is 21.8. The Morgan fingerprint density at radius 1 is 1.14 bits per heavy atom. The molecule has 0 aliphatic rings. The molecular formula is C21H27ClN2O4S. The smallest absolute Gasteiger partial charge is 0.243 e. The van der Waals surface area contributed by atoms with Gasteiger partial charge in [0.25, 0.3) is 0 Å². The molecule has 0 aliphatic heterocycles. The molecule has 2 unspecified atom stereocenters. The summed E-state index contributed by atoms with van der Waals surface area (Å²) in [5, 5.41) is 3.21. The summed E-state index contributed by atoms with van der Waals surface area (Å²) < 4.78 is 31.7. The second-order valence-corrected chi connectivity index (χ2v) is 9.50. The number of carbonyl (C=O) groups excluding carboxylic acids is 1. The fourth-order valence-corrected chi connectivity index (χ4v) is 4.25. The molecule has 2 aromatic rings. The fourth-order valence-electron chi connectivity index (χ4n) is 2.86. The summed E-state index contributed by atoms with van der Waals surface area (Å²) in [5.41, 5.74) is 2.21. The van der Waals surface area contributed by atoms with Gasteiger partial charge in [0.05, 0.1) is 18.0 Å². The van der Waals surface area contributed by atoms with Gasteiger partial charge < -0.3 is 10.1 Å². The van der Waals surface area contributed by atoms with Crippen LogP contribution in [0, 0.1) is 13.8 Å².